The summed E-state index contributed by atoms with van der Waals surface area (Å²) in [4.78, 5) is 14.4. The lowest BCUT2D eigenvalue weighted by molar-refractivity contribution is -0.120. The molecule has 0 saturated carbocycles. The normalized spacial score (nSPS) is 14.4. The largest absolute Gasteiger partial charge is 0.345 e. The number of hydrogen-bond acceptors (Lipinski definition) is 2. The third kappa shape index (κ3) is 4.34. The molecule has 1 aliphatic rings. The fraction of sp³-hybridized carbons (Fsp3) is 0.350. The van der Waals surface area contributed by atoms with E-state index in [1.165, 1.54) is 18.2 Å². The Kier molecular flexibility index (Phi) is 5.29. The second-order valence-electron chi connectivity index (χ2n) is 5.93. The molecule has 1 amide bonds. The summed E-state index contributed by atoms with van der Waals surface area (Å²) in [6, 6.07) is 14.2. The second-order valence-corrected chi connectivity index (χ2v) is 5.93. The topological polar surface area (TPSA) is 32.3 Å². The average Bonchev–Trinajstić information content (AvgIpc) is 3.08. The molecule has 0 aromatic heterocycles. The van der Waals surface area contributed by atoms with Gasteiger partial charge in [-0.1, -0.05) is 54.3 Å². The Balaban J connectivity index is 1.50. The van der Waals surface area contributed by atoms with Crippen LogP contribution < -0.4 is 5.32 Å². The molecule has 2 aromatic carbocycles. The molecule has 1 heterocycles. The lowest BCUT2D eigenvalue weighted by atomic mass is 10.0. The van der Waals surface area contributed by atoms with Crippen LogP contribution in [-0.4, -0.2) is 37.0 Å². The van der Waals surface area contributed by atoms with Crippen LogP contribution in [-0.2, 0) is 11.2 Å². The zero-order valence-electron chi connectivity index (χ0n) is 13.3. The van der Waals surface area contributed by atoms with Crippen LogP contribution in [0.4, 0.5) is 0 Å². The first-order valence-corrected chi connectivity index (χ1v) is 8.24. The fourth-order valence-corrected chi connectivity index (χ4v) is 3.00. The summed E-state index contributed by atoms with van der Waals surface area (Å²) in [6.07, 6.45) is 2.96. The van der Waals surface area contributed by atoms with Gasteiger partial charge in [-0.25, -0.2) is 0 Å². The molecule has 1 aliphatic heterocycles. The van der Waals surface area contributed by atoms with Gasteiger partial charge in [0.05, 0.1) is 19.5 Å². The molecule has 3 nitrogen and oxygen atoms in total. The summed E-state index contributed by atoms with van der Waals surface area (Å²) in [5.41, 5.74) is 1.06. The van der Waals surface area contributed by atoms with Crippen molar-refractivity contribution in [3.8, 4) is 11.8 Å². The van der Waals surface area contributed by atoms with Crippen LogP contribution in [0.2, 0.25) is 0 Å². The quantitative estimate of drug-likeness (QED) is 0.881. The number of fused-ring (bicyclic) bond motifs is 1. The fourth-order valence-electron chi connectivity index (χ4n) is 3.00. The number of rotatable bonds is 4. The maximum absolute atomic E-state index is 12.1. The predicted octanol–water partition coefficient (Wildman–Crippen LogP) is 2.60. The highest BCUT2D eigenvalue weighted by Gasteiger charge is 2.09. The molecule has 1 saturated heterocycles. The molecule has 1 N–H and O–H groups in total. The lowest BCUT2D eigenvalue weighted by Crippen LogP contribution is -2.25. The van der Waals surface area contributed by atoms with Crippen molar-refractivity contribution in [2.45, 2.75) is 19.3 Å². The zero-order valence-corrected chi connectivity index (χ0v) is 13.3. The molecular weight excluding hydrogens is 284 g/mol. The van der Waals surface area contributed by atoms with E-state index in [0.29, 0.717) is 13.0 Å². The van der Waals surface area contributed by atoms with Crippen LogP contribution in [0.5, 0.6) is 0 Å². The van der Waals surface area contributed by atoms with Crippen molar-refractivity contribution in [2.75, 3.05) is 26.2 Å². The molecule has 3 rings (SSSR count). The first-order valence-electron chi connectivity index (χ1n) is 8.24. The monoisotopic (exact) mass is 306 g/mol. The van der Waals surface area contributed by atoms with Gasteiger partial charge in [0, 0.05) is 0 Å². The highest BCUT2D eigenvalue weighted by atomic mass is 16.1. The first-order chi connectivity index (χ1) is 11.3. The zero-order chi connectivity index (χ0) is 15.9. The van der Waals surface area contributed by atoms with Crippen molar-refractivity contribution in [1.29, 1.82) is 0 Å². The number of carbonyl (C=O) groups is 1. The van der Waals surface area contributed by atoms with E-state index in [2.05, 4.69) is 40.3 Å². The van der Waals surface area contributed by atoms with Gasteiger partial charge in [0.15, 0.2) is 0 Å². The van der Waals surface area contributed by atoms with Crippen molar-refractivity contribution >= 4 is 16.7 Å². The van der Waals surface area contributed by atoms with Crippen LogP contribution in [0.15, 0.2) is 42.5 Å². The van der Waals surface area contributed by atoms with Crippen LogP contribution in [0.25, 0.3) is 10.8 Å². The van der Waals surface area contributed by atoms with E-state index in [9.17, 15) is 4.79 Å². The number of benzene rings is 2. The molecule has 0 spiro atoms. The van der Waals surface area contributed by atoms with Crippen molar-refractivity contribution in [3.05, 3.63) is 48.0 Å². The van der Waals surface area contributed by atoms with Crippen LogP contribution >= 0.6 is 0 Å². The second kappa shape index (κ2) is 7.80. The van der Waals surface area contributed by atoms with Crippen molar-refractivity contribution in [1.82, 2.24) is 10.2 Å². The van der Waals surface area contributed by atoms with E-state index in [-0.39, 0.29) is 5.91 Å². The minimum Gasteiger partial charge on any atom is -0.345 e. The Morgan fingerprint density at radius 2 is 1.83 bits per heavy atom. The Bertz CT molecular complexity index is 731. The number of amides is 1. The van der Waals surface area contributed by atoms with Gasteiger partial charge in [-0.3, -0.25) is 9.69 Å². The number of likely N-dealkylation sites (tertiary alicyclic amines) is 1. The lowest BCUT2D eigenvalue weighted by Gasteiger charge is -2.08. The molecular formula is C20H22N2O. The van der Waals surface area contributed by atoms with Crippen molar-refractivity contribution in [3.63, 3.8) is 0 Å². The third-order valence-corrected chi connectivity index (χ3v) is 4.23. The van der Waals surface area contributed by atoms with E-state index in [4.69, 9.17) is 0 Å². The number of carbonyl (C=O) groups excluding carboxylic acids is 1. The Morgan fingerprint density at radius 3 is 2.70 bits per heavy atom. The predicted molar refractivity (Wildman–Crippen MR) is 94.1 cm³/mol. The van der Waals surface area contributed by atoms with Crippen molar-refractivity contribution in [2.24, 2.45) is 0 Å². The Morgan fingerprint density at radius 1 is 1.04 bits per heavy atom. The summed E-state index contributed by atoms with van der Waals surface area (Å²) in [6.45, 7) is 3.56. The molecule has 118 valence electrons. The summed E-state index contributed by atoms with van der Waals surface area (Å²) in [5, 5.41) is 5.20. The van der Waals surface area contributed by atoms with Gasteiger partial charge in [-0.15, -0.1) is 0 Å². The Hall–Kier alpha value is -2.31. The molecule has 3 heteroatoms. The van der Waals surface area contributed by atoms with E-state index >= 15 is 0 Å². The summed E-state index contributed by atoms with van der Waals surface area (Å²) < 4.78 is 0. The molecule has 0 unspecified atom stereocenters. The van der Waals surface area contributed by atoms with Gasteiger partial charge >= 0.3 is 0 Å². The van der Waals surface area contributed by atoms with Gasteiger partial charge < -0.3 is 5.32 Å². The molecule has 2 aromatic rings. The van der Waals surface area contributed by atoms with Gasteiger partial charge in [0.2, 0.25) is 5.91 Å². The van der Waals surface area contributed by atoms with Crippen LogP contribution in [0.3, 0.4) is 0 Å². The minimum absolute atomic E-state index is 0.0248. The standard InChI is InChI=1S/C20H22N2O/c23-20(21-12-3-4-13-22-14-5-6-15-22)16-18-10-7-9-17-8-1-2-11-19(17)18/h1-2,7-11H,5-6,12-16H2,(H,21,23). The summed E-state index contributed by atoms with van der Waals surface area (Å²) >= 11 is 0. The van der Waals surface area contributed by atoms with E-state index in [1.807, 2.05) is 24.3 Å². The smallest absolute Gasteiger partial charge is 0.225 e. The molecule has 0 bridgehead atoms. The first kappa shape index (κ1) is 15.6. The molecule has 1 fully saturated rings. The maximum atomic E-state index is 12.1. The van der Waals surface area contributed by atoms with Gasteiger partial charge in [-0.2, -0.15) is 0 Å². The van der Waals surface area contributed by atoms with Crippen molar-refractivity contribution < 1.29 is 4.79 Å². The number of hydrogen-bond donors (Lipinski definition) is 1. The molecule has 0 atom stereocenters. The SMILES string of the molecule is O=C(Cc1cccc2ccccc12)NCC#CCN1CCCC1. The minimum atomic E-state index is 0.0248. The van der Waals surface area contributed by atoms with Gasteiger partial charge in [0.1, 0.15) is 0 Å². The maximum Gasteiger partial charge on any atom is 0.225 e. The summed E-state index contributed by atoms with van der Waals surface area (Å²) in [5.74, 6) is 6.20. The molecule has 0 aliphatic carbocycles. The Labute approximate surface area is 137 Å². The summed E-state index contributed by atoms with van der Waals surface area (Å²) in [7, 11) is 0. The number of nitrogens with zero attached hydrogens (tertiary/aromatic N) is 1. The van der Waals surface area contributed by atoms with Gasteiger partial charge in [-0.05, 0) is 42.3 Å². The molecule has 0 radical (unpaired) electrons. The van der Waals surface area contributed by atoms with E-state index in [1.54, 1.807) is 0 Å². The average molecular weight is 306 g/mol. The highest BCUT2D eigenvalue weighted by molar-refractivity contribution is 5.90. The number of nitrogens with one attached hydrogen (secondary N) is 1. The van der Waals surface area contributed by atoms with E-state index < -0.39 is 0 Å². The van der Waals surface area contributed by atoms with Crippen LogP contribution in [0, 0.1) is 11.8 Å². The third-order valence-electron chi connectivity index (χ3n) is 4.23. The van der Waals surface area contributed by atoms with Crippen LogP contribution in [0.1, 0.15) is 18.4 Å². The highest BCUT2D eigenvalue weighted by Crippen LogP contribution is 2.18. The van der Waals surface area contributed by atoms with Gasteiger partial charge in [0.25, 0.3) is 0 Å². The molecule has 23 heavy (non-hydrogen) atoms. The van der Waals surface area contributed by atoms with E-state index in [0.717, 1.165) is 30.6 Å².